The molecule has 0 bridgehead atoms. The Morgan fingerprint density at radius 1 is 0.857 bits per heavy atom. The number of nitrogens with one attached hydrogen (secondary N) is 3. The van der Waals surface area contributed by atoms with Gasteiger partial charge in [-0.3, -0.25) is 4.79 Å². The lowest BCUT2D eigenvalue weighted by molar-refractivity contribution is -0.120. The van der Waals surface area contributed by atoms with E-state index in [0.29, 0.717) is 36.0 Å². The van der Waals surface area contributed by atoms with E-state index in [1.54, 1.807) is 56.7 Å². The molecular formula is C20H25N3O5. The summed E-state index contributed by atoms with van der Waals surface area (Å²) in [6.07, 6.45) is 0.266. The van der Waals surface area contributed by atoms with Crippen molar-refractivity contribution in [3.8, 4) is 11.5 Å². The van der Waals surface area contributed by atoms with E-state index in [4.69, 9.17) is 14.2 Å². The van der Waals surface area contributed by atoms with Crippen molar-refractivity contribution in [1.29, 1.82) is 0 Å². The lowest BCUT2D eigenvalue weighted by Gasteiger charge is -2.11. The Hall–Kier alpha value is -3.26. The number of carbonyl (C=O) groups excluding carboxylic acids is 2. The van der Waals surface area contributed by atoms with Crippen LogP contribution < -0.4 is 25.4 Å². The molecule has 8 heteroatoms. The molecule has 0 saturated carbocycles. The van der Waals surface area contributed by atoms with Gasteiger partial charge in [-0.15, -0.1) is 0 Å². The zero-order valence-electron chi connectivity index (χ0n) is 16.2. The van der Waals surface area contributed by atoms with Crippen molar-refractivity contribution in [2.75, 3.05) is 45.1 Å². The summed E-state index contributed by atoms with van der Waals surface area (Å²) >= 11 is 0. The minimum absolute atomic E-state index is 0.0797. The van der Waals surface area contributed by atoms with Crippen molar-refractivity contribution < 1.29 is 23.8 Å². The van der Waals surface area contributed by atoms with Gasteiger partial charge in [0.05, 0.1) is 27.2 Å². The summed E-state index contributed by atoms with van der Waals surface area (Å²) in [5.41, 5.74) is 2.03. The molecular weight excluding hydrogens is 362 g/mol. The Balaban J connectivity index is 1.88. The third-order valence-corrected chi connectivity index (χ3v) is 3.85. The van der Waals surface area contributed by atoms with Crippen LogP contribution in [0, 0.1) is 0 Å². The largest absolute Gasteiger partial charge is 0.493 e. The second-order valence-corrected chi connectivity index (χ2v) is 5.87. The lowest BCUT2D eigenvalue weighted by Crippen LogP contribution is -2.28. The van der Waals surface area contributed by atoms with Gasteiger partial charge in [-0.1, -0.05) is 12.1 Å². The van der Waals surface area contributed by atoms with Crippen molar-refractivity contribution >= 4 is 23.3 Å². The van der Waals surface area contributed by atoms with Gasteiger partial charge in [-0.2, -0.15) is 0 Å². The maximum absolute atomic E-state index is 12.2. The molecule has 0 unspecified atom stereocenters. The molecule has 0 atom stereocenters. The Morgan fingerprint density at radius 2 is 1.50 bits per heavy atom. The van der Waals surface area contributed by atoms with Crippen molar-refractivity contribution in [3.63, 3.8) is 0 Å². The van der Waals surface area contributed by atoms with E-state index >= 15 is 0 Å². The van der Waals surface area contributed by atoms with E-state index in [-0.39, 0.29) is 12.3 Å². The average Bonchev–Trinajstić information content (AvgIpc) is 2.69. The SMILES string of the molecule is COCCNC(=O)Cc1ccc(NC(=O)Nc2ccc(OC)c(OC)c2)cc1. The smallest absolute Gasteiger partial charge is 0.323 e. The highest BCUT2D eigenvalue weighted by Gasteiger charge is 2.08. The maximum Gasteiger partial charge on any atom is 0.323 e. The topological polar surface area (TPSA) is 97.9 Å². The molecule has 3 N–H and O–H groups in total. The molecule has 0 heterocycles. The first-order valence-electron chi connectivity index (χ1n) is 8.70. The summed E-state index contributed by atoms with van der Waals surface area (Å²) in [6, 6.07) is 11.8. The quantitative estimate of drug-likeness (QED) is 0.575. The highest BCUT2D eigenvalue weighted by Crippen LogP contribution is 2.29. The van der Waals surface area contributed by atoms with E-state index in [0.717, 1.165) is 5.56 Å². The lowest BCUT2D eigenvalue weighted by atomic mass is 10.1. The zero-order valence-corrected chi connectivity index (χ0v) is 16.2. The van der Waals surface area contributed by atoms with Gasteiger partial charge in [-0.05, 0) is 29.8 Å². The number of hydrogen-bond donors (Lipinski definition) is 3. The van der Waals surface area contributed by atoms with Gasteiger partial charge in [0.2, 0.25) is 5.91 Å². The van der Waals surface area contributed by atoms with E-state index < -0.39 is 6.03 Å². The number of anilines is 2. The monoisotopic (exact) mass is 387 g/mol. The van der Waals surface area contributed by atoms with Crippen LogP contribution in [0.15, 0.2) is 42.5 Å². The third kappa shape index (κ3) is 6.48. The van der Waals surface area contributed by atoms with Crippen molar-refractivity contribution in [2.24, 2.45) is 0 Å². The fourth-order valence-corrected chi connectivity index (χ4v) is 2.45. The summed E-state index contributed by atoms with van der Waals surface area (Å²) in [4.78, 5) is 24.0. The average molecular weight is 387 g/mol. The van der Waals surface area contributed by atoms with Crippen molar-refractivity contribution in [2.45, 2.75) is 6.42 Å². The number of hydrogen-bond acceptors (Lipinski definition) is 5. The molecule has 0 aromatic heterocycles. The second kappa shape index (κ2) is 10.8. The molecule has 8 nitrogen and oxygen atoms in total. The number of amides is 3. The molecule has 0 aliphatic rings. The number of ether oxygens (including phenoxy) is 3. The Morgan fingerprint density at radius 3 is 2.14 bits per heavy atom. The van der Waals surface area contributed by atoms with Gasteiger partial charge < -0.3 is 30.2 Å². The molecule has 0 radical (unpaired) electrons. The first-order chi connectivity index (χ1) is 13.5. The number of rotatable bonds is 9. The molecule has 3 amide bonds. The standard InChI is InChI=1S/C20H25N3O5/c1-26-11-10-21-19(24)12-14-4-6-15(7-5-14)22-20(25)23-16-8-9-17(27-2)18(13-16)28-3/h4-9,13H,10-12H2,1-3H3,(H,21,24)(H2,22,23,25). The maximum atomic E-state index is 12.2. The van der Waals surface area contributed by atoms with Crippen LogP contribution >= 0.6 is 0 Å². The molecule has 150 valence electrons. The predicted molar refractivity (Wildman–Crippen MR) is 107 cm³/mol. The molecule has 0 saturated heterocycles. The third-order valence-electron chi connectivity index (χ3n) is 3.85. The van der Waals surface area contributed by atoms with Gasteiger partial charge in [-0.25, -0.2) is 4.79 Å². The Bertz CT molecular complexity index is 793. The van der Waals surface area contributed by atoms with Crippen LogP contribution in [0.25, 0.3) is 0 Å². The number of methoxy groups -OCH3 is 3. The van der Waals surface area contributed by atoms with Crippen LogP contribution in [-0.2, 0) is 16.0 Å². The van der Waals surface area contributed by atoms with E-state index in [9.17, 15) is 9.59 Å². The van der Waals surface area contributed by atoms with Gasteiger partial charge >= 0.3 is 6.03 Å². The summed E-state index contributed by atoms with van der Waals surface area (Å²) in [5.74, 6) is 1.02. The fraction of sp³-hybridized carbons (Fsp3) is 0.300. The number of urea groups is 1. The van der Waals surface area contributed by atoms with E-state index in [2.05, 4.69) is 16.0 Å². The summed E-state index contributed by atoms with van der Waals surface area (Å²) in [6.45, 7) is 0.953. The van der Waals surface area contributed by atoms with Crippen LogP contribution in [0.5, 0.6) is 11.5 Å². The zero-order chi connectivity index (χ0) is 20.4. The van der Waals surface area contributed by atoms with Crippen molar-refractivity contribution in [1.82, 2.24) is 5.32 Å². The summed E-state index contributed by atoms with van der Waals surface area (Å²) in [7, 11) is 4.66. The molecule has 0 aliphatic heterocycles. The first kappa shape index (κ1) is 21.0. The second-order valence-electron chi connectivity index (χ2n) is 5.87. The van der Waals surface area contributed by atoms with E-state index in [1.807, 2.05) is 0 Å². The first-order valence-corrected chi connectivity index (χ1v) is 8.70. The van der Waals surface area contributed by atoms with Gasteiger partial charge in [0.25, 0.3) is 0 Å². The predicted octanol–water partition coefficient (Wildman–Crippen LogP) is 2.65. The number of carbonyl (C=O) groups is 2. The van der Waals surface area contributed by atoms with Crippen LogP contribution in [0.2, 0.25) is 0 Å². The Labute approximate surface area is 164 Å². The minimum Gasteiger partial charge on any atom is -0.493 e. The highest BCUT2D eigenvalue weighted by molar-refractivity contribution is 6.00. The van der Waals surface area contributed by atoms with Gasteiger partial charge in [0.1, 0.15) is 0 Å². The highest BCUT2D eigenvalue weighted by atomic mass is 16.5. The fourth-order valence-electron chi connectivity index (χ4n) is 2.45. The molecule has 0 aliphatic carbocycles. The Kier molecular flexibility index (Phi) is 8.11. The molecule has 2 aromatic carbocycles. The van der Waals surface area contributed by atoms with E-state index in [1.165, 1.54) is 7.11 Å². The molecule has 2 rings (SSSR count). The minimum atomic E-state index is -0.391. The number of benzene rings is 2. The normalized spacial score (nSPS) is 10.1. The molecule has 0 spiro atoms. The molecule has 2 aromatic rings. The van der Waals surface area contributed by atoms with Crippen LogP contribution in [-0.4, -0.2) is 46.4 Å². The van der Waals surface area contributed by atoms with Crippen LogP contribution in [0.1, 0.15) is 5.56 Å². The summed E-state index contributed by atoms with van der Waals surface area (Å²) in [5, 5.41) is 8.23. The van der Waals surface area contributed by atoms with Crippen LogP contribution in [0.4, 0.5) is 16.2 Å². The van der Waals surface area contributed by atoms with Gasteiger partial charge in [0, 0.05) is 31.1 Å². The van der Waals surface area contributed by atoms with Crippen LogP contribution in [0.3, 0.4) is 0 Å². The summed E-state index contributed by atoms with van der Waals surface area (Å²) < 4.78 is 15.3. The van der Waals surface area contributed by atoms with Crippen molar-refractivity contribution in [3.05, 3.63) is 48.0 Å². The van der Waals surface area contributed by atoms with Gasteiger partial charge in [0.15, 0.2) is 11.5 Å². The molecule has 28 heavy (non-hydrogen) atoms. The molecule has 0 fully saturated rings.